The minimum Gasteiger partial charge on any atom is -0.346 e. The number of carbonyl (C=O) groups is 2. The van der Waals surface area contributed by atoms with Gasteiger partial charge in [-0.25, -0.2) is 9.98 Å². The molecule has 2 aliphatic carbocycles. The van der Waals surface area contributed by atoms with E-state index in [0.29, 0.717) is 50.1 Å². The lowest BCUT2D eigenvalue weighted by atomic mass is 9.57. The lowest BCUT2D eigenvalue weighted by Crippen LogP contribution is -2.60. The molecule has 202 valence electrons. The molecule has 0 aromatic carbocycles. The van der Waals surface area contributed by atoms with Gasteiger partial charge in [-0.3, -0.25) is 9.59 Å². The Morgan fingerprint density at radius 3 is 2.62 bits per heavy atom. The van der Waals surface area contributed by atoms with Crippen molar-refractivity contribution >= 4 is 35.2 Å². The molecule has 6 rings (SSSR count). The van der Waals surface area contributed by atoms with E-state index in [9.17, 15) is 9.59 Å². The maximum absolute atomic E-state index is 14.1. The highest BCUT2D eigenvalue weighted by atomic mass is 35.5. The number of likely N-dealkylation sites (N-methyl/N-ethyl adjacent to an activating group) is 1. The van der Waals surface area contributed by atoms with E-state index in [4.69, 9.17) is 26.1 Å². The number of hydrogen-bond donors (Lipinski definition) is 1. The summed E-state index contributed by atoms with van der Waals surface area (Å²) in [4.78, 5) is 39.8. The predicted molar refractivity (Wildman–Crippen MR) is 140 cm³/mol. The monoisotopic (exact) mass is 531 g/mol. The summed E-state index contributed by atoms with van der Waals surface area (Å²) in [7, 11) is 2.14. The topological polar surface area (TPSA) is 95.8 Å². The Morgan fingerprint density at radius 1 is 1.16 bits per heavy atom. The van der Waals surface area contributed by atoms with Gasteiger partial charge >= 0.3 is 0 Å². The van der Waals surface area contributed by atoms with Gasteiger partial charge in [0, 0.05) is 24.7 Å². The van der Waals surface area contributed by atoms with E-state index in [1.807, 2.05) is 6.92 Å². The number of carbonyl (C=O) groups excluding carboxylic acids is 2. The largest absolute Gasteiger partial charge is 0.346 e. The lowest BCUT2D eigenvalue weighted by Gasteiger charge is -2.51. The average molecular weight is 532 g/mol. The maximum Gasteiger partial charge on any atom is 0.210 e. The van der Waals surface area contributed by atoms with Gasteiger partial charge in [-0.2, -0.15) is 5.01 Å². The molecule has 0 bridgehead atoms. The van der Waals surface area contributed by atoms with Crippen molar-refractivity contribution in [3.8, 4) is 0 Å². The number of hydrazine groups is 1. The summed E-state index contributed by atoms with van der Waals surface area (Å²) < 4.78 is 12.3. The first-order chi connectivity index (χ1) is 17.7. The highest BCUT2D eigenvalue weighted by Crippen LogP contribution is 2.56. The molecule has 4 aliphatic heterocycles. The van der Waals surface area contributed by atoms with Crippen LogP contribution in [0.15, 0.2) is 20.7 Å². The summed E-state index contributed by atoms with van der Waals surface area (Å²) >= 11 is 6.61. The molecule has 10 heteroatoms. The van der Waals surface area contributed by atoms with E-state index in [-0.39, 0.29) is 23.4 Å². The maximum atomic E-state index is 14.1. The predicted octanol–water partition coefficient (Wildman–Crippen LogP) is 3.18. The molecule has 2 spiro atoms. The van der Waals surface area contributed by atoms with E-state index >= 15 is 0 Å². The number of aliphatic imine (C=N–C) groups is 2. The van der Waals surface area contributed by atoms with Crippen molar-refractivity contribution in [2.45, 2.75) is 95.2 Å². The van der Waals surface area contributed by atoms with Gasteiger partial charge in [0.25, 0.3) is 0 Å². The molecule has 5 atom stereocenters. The Kier molecular flexibility index (Phi) is 6.39. The average Bonchev–Trinajstić information content (AvgIpc) is 3.60. The minimum atomic E-state index is -0.886. The molecule has 6 aliphatic rings. The summed E-state index contributed by atoms with van der Waals surface area (Å²) in [5.41, 5.74) is 2.40. The molecule has 0 aromatic heterocycles. The second-order valence-electron chi connectivity index (χ2n) is 11.8. The molecule has 0 amide bonds. The molecule has 4 heterocycles. The SMILES string of the molecule is C[C@@H]([C@@H]1CCCN1C)N1NC(Cl)=C2C=NC(C(=O)C3CCC[C@@]4(CCCCC45OCCO5)C3=O)=NC21C. The van der Waals surface area contributed by atoms with Crippen molar-refractivity contribution in [2.75, 3.05) is 26.8 Å². The molecule has 4 fully saturated rings. The van der Waals surface area contributed by atoms with E-state index < -0.39 is 22.8 Å². The number of ether oxygens (including phenoxy) is 2. The van der Waals surface area contributed by atoms with Crippen LogP contribution in [0.2, 0.25) is 0 Å². The van der Waals surface area contributed by atoms with Crippen LogP contribution in [0, 0.1) is 11.3 Å². The van der Waals surface area contributed by atoms with Crippen molar-refractivity contribution in [3.05, 3.63) is 10.7 Å². The number of fused-ring (bicyclic) bond motifs is 2. The number of nitrogens with zero attached hydrogens (tertiary/aromatic N) is 4. The molecule has 0 radical (unpaired) electrons. The van der Waals surface area contributed by atoms with E-state index in [0.717, 1.165) is 44.2 Å². The number of halogens is 1. The first-order valence-electron chi connectivity index (χ1n) is 13.9. The Morgan fingerprint density at radius 2 is 1.89 bits per heavy atom. The van der Waals surface area contributed by atoms with Crippen LogP contribution in [-0.2, 0) is 19.1 Å². The van der Waals surface area contributed by atoms with Gasteiger partial charge in [-0.15, -0.1) is 0 Å². The third-order valence-corrected chi connectivity index (χ3v) is 10.2. The van der Waals surface area contributed by atoms with Gasteiger partial charge in [0.1, 0.15) is 5.16 Å². The van der Waals surface area contributed by atoms with Crippen LogP contribution >= 0.6 is 11.6 Å². The number of likely N-dealkylation sites (tertiary alicyclic amines) is 1. The normalized spacial score (nSPS) is 38.8. The van der Waals surface area contributed by atoms with Crippen molar-refractivity contribution in [3.63, 3.8) is 0 Å². The molecular weight excluding hydrogens is 494 g/mol. The second-order valence-corrected chi connectivity index (χ2v) is 12.1. The molecule has 2 saturated carbocycles. The summed E-state index contributed by atoms with van der Waals surface area (Å²) in [5.74, 6) is -1.91. The fourth-order valence-electron chi connectivity index (χ4n) is 7.92. The van der Waals surface area contributed by atoms with Crippen LogP contribution < -0.4 is 5.43 Å². The zero-order valence-corrected chi connectivity index (χ0v) is 22.9. The molecule has 2 unspecified atom stereocenters. The molecule has 37 heavy (non-hydrogen) atoms. The zero-order valence-electron chi connectivity index (χ0n) is 22.1. The highest BCUT2D eigenvalue weighted by Gasteiger charge is 2.64. The third-order valence-electron chi connectivity index (χ3n) is 9.88. The molecule has 1 N–H and O–H groups in total. The lowest BCUT2D eigenvalue weighted by molar-refractivity contribution is -0.255. The van der Waals surface area contributed by atoms with Gasteiger partial charge in [-0.05, 0) is 66.0 Å². The number of hydrogen-bond acceptors (Lipinski definition) is 9. The molecule has 9 nitrogen and oxygen atoms in total. The number of Topliss-reactive ketones (excluding diaryl/α,β-unsaturated/α-hetero) is 2. The summed E-state index contributed by atoms with van der Waals surface area (Å²) in [6.07, 6.45) is 9.20. The minimum absolute atomic E-state index is 0.0462. The smallest absolute Gasteiger partial charge is 0.210 e. The Labute approximate surface area is 223 Å². The standard InChI is InChI=1S/C27H38ClN5O4/c1-17(20-9-7-13-32(20)3)33-25(2)19(23(28)31-33)16-29-24(30-25)21(34)18-8-6-11-26(22(18)35)10-4-5-12-27(26)36-14-15-37-27/h16-18,20,31H,4-15H2,1-3H3/t17-,18?,20-,25?,26-/m0/s1. The van der Waals surface area contributed by atoms with Crippen LogP contribution in [0.5, 0.6) is 0 Å². The number of rotatable bonds is 4. The number of amidine groups is 1. The second kappa shape index (κ2) is 9.23. The molecule has 2 saturated heterocycles. The van der Waals surface area contributed by atoms with Crippen LogP contribution in [0.3, 0.4) is 0 Å². The molecular formula is C27H38ClN5O4. The van der Waals surface area contributed by atoms with E-state index in [2.05, 4.69) is 34.3 Å². The van der Waals surface area contributed by atoms with Gasteiger partial charge in [0.05, 0.1) is 30.1 Å². The summed E-state index contributed by atoms with van der Waals surface area (Å²) in [5, 5.41) is 2.53. The van der Waals surface area contributed by atoms with E-state index in [1.165, 1.54) is 0 Å². The van der Waals surface area contributed by atoms with Crippen molar-refractivity contribution < 1.29 is 19.1 Å². The zero-order chi connectivity index (χ0) is 26.0. The van der Waals surface area contributed by atoms with Crippen molar-refractivity contribution in [1.29, 1.82) is 0 Å². The quantitative estimate of drug-likeness (QED) is 0.439. The fraction of sp³-hybridized carbons (Fsp3) is 0.778. The Bertz CT molecular complexity index is 1080. The van der Waals surface area contributed by atoms with Gasteiger partial charge in [0.15, 0.2) is 23.1 Å². The van der Waals surface area contributed by atoms with Crippen LogP contribution in [0.25, 0.3) is 0 Å². The fourth-order valence-corrected chi connectivity index (χ4v) is 8.24. The first kappa shape index (κ1) is 25.6. The summed E-state index contributed by atoms with van der Waals surface area (Å²) in [6, 6.07) is 0.434. The molecule has 0 aromatic rings. The summed E-state index contributed by atoms with van der Waals surface area (Å²) in [6.45, 7) is 6.18. The van der Waals surface area contributed by atoms with E-state index in [1.54, 1.807) is 6.21 Å². The highest BCUT2D eigenvalue weighted by molar-refractivity contribution is 6.45. The van der Waals surface area contributed by atoms with Crippen molar-refractivity contribution in [2.24, 2.45) is 21.3 Å². The van der Waals surface area contributed by atoms with Crippen LogP contribution in [0.1, 0.15) is 71.6 Å². The van der Waals surface area contributed by atoms with Gasteiger partial charge in [0.2, 0.25) is 5.78 Å². The Hall–Kier alpha value is -1.65. The Balaban J connectivity index is 1.29. The van der Waals surface area contributed by atoms with Gasteiger partial charge < -0.3 is 19.8 Å². The number of nitrogens with one attached hydrogen (secondary N) is 1. The first-order valence-corrected chi connectivity index (χ1v) is 14.3. The van der Waals surface area contributed by atoms with Crippen LogP contribution in [-0.4, -0.2) is 83.9 Å². The van der Waals surface area contributed by atoms with Gasteiger partial charge in [-0.1, -0.05) is 24.4 Å². The number of ketones is 2. The van der Waals surface area contributed by atoms with Crippen molar-refractivity contribution in [1.82, 2.24) is 15.3 Å². The third kappa shape index (κ3) is 3.72. The van der Waals surface area contributed by atoms with Crippen LogP contribution in [0.4, 0.5) is 0 Å².